The van der Waals surface area contributed by atoms with Gasteiger partial charge in [-0.1, -0.05) is 6.07 Å². The Kier molecular flexibility index (Phi) is 5.51. The maximum Gasteiger partial charge on any atom is 0.225 e. The van der Waals surface area contributed by atoms with Crippen LogP contribution in [-0.2, 0) is 16.1 Å². The van der Waals surface area contributed by atoms with Gasteiger partial charge in [-0.3, -0.25) is 14.7 Å². The number of aromatic nitrogens is 1. The average Bonchev–Trinajstić information content (AvgIpc) is 2.56. The zero-order valence-electron chi connectivity index (χ0n) is 15.1. The summed E-state index contributed by atoms with van der Waals surface area (Å²) in [6.45, 7) is 10.5. The number of pyridine rings is 1. The SMILES string of the molecule is Cc1ncccc1CN1CCC(C(=O)N2C[C@@H](C)O[C@H](C)C2)CC1. The molecule has 2 saturated heterocycles. The second-order valence-electron chi connectivity index (χ2n) is 7.30. The normalized spacial score (nSPS) is 26.5. The van der Waals surface area contributed by atoms with Crippen LogP contribution in [0.1, 0.15) is 37.9 Å². The monoisotopic (exact) mass is 331 g/mol. The van der Waals surface area contributed by atoms with Crippen molar-refractivity contribution in [3.63, 3.8) is 0 Å². The standard InChI is InChI=1S/C19H29N3O2/c1-14-11-22(12-15(2)24-14)19(23)17-6-9-21(10-7-17)13-18-5-4-8-20-16(18)3/h4-5,8,14-15,17H,6-7,9-13H2,1-3H3/t14-,15-/m1/s1. The van der Waals surface area contributed by atoms with E-state index in [1.807, 2.05) is 17.2 Å². The molecule has 24 heavy (non-hydrogen) atoms. The number of piperidine rings is 1. The van der Waals surface area contributed by atoms with Crippen molar-refractivity contribution in [1.29, 1.82) is 0 Å². The molecular weight excluding hydrogens is 302 g/mol. The van der Waals surface area contributed by atoms with Gasteiger partial charge in [0.15, 0.2) is 0 Å². The molecule has 0 radical (unpaired) electrons. The zero-order chi connectivity index (χ0) is 17.1. The zero-order valence-corrected chi connectivity index (χ0v) is 15.1. The predicted molar refractivity (Wildman–Crippen MR) is 93.6 cm³/mol. The van der Waals surface area contributed by atoms with E-state index in [-0.39, 0.29) is 18.1 Å². The first-order chi connectivity index (χ1) is 11.5. The molecule has 5 nitrogen and oxygen atoms in total. The number of carbonyl (C=O) groups is 1. The van der Waals surface area contributed by atoms with E-state index < -0.39 is 0 Å². The lowest BCUT2D eigenvalue weighted by atomic mass is 9.94. The molecular formula is C19H29N3O2. The third-order valence-corrected chi connectivity index (χ3v) is 5.18. The average molecular weight is 331 g/mol. The van der Waals surface area contributed by atoms with Gasteiger partial charge in [0, 0.05) is 37.4 Å². The Bertz CT molecular complexity index is 559. The Morgan fingerprint density at radius 3 is 2.54 bits per heavy atom. The summed E-state index contributed by atoms with van der Waals surface area (Å²) in [7, 11) is 0. The molecule has 1 aromatic heterocycles. The third-order valence-electron chi connectivity index (χ3n) is 5.18. The molecule has 0 aromatic carbocycles. The molecule has 3 heterocycles. The van der Waals surface area contributed by atoms with E-state index in [9.17, 15) is 4.79 Å². The third kappa shape index (κ3) is 4.14. The summed E-state index contributed by atoms with van der Waals surface area (Å²) in [5, 5.41) is 0. The second-order valence-corrected chi connectivity index (χ2v) is 7.30. The fourth-order valence-electron chi connectivity index (χ4n) is 3.88. The molecule has 0 bridgehead atoms. The lowest BCUT2D eigenvalue weighted by Gasteiger charge is -2.39. The fourth-order valence-corrected chi connectivity index (χ4v) is 3.88. The highest BCUT2D eigenvalue weighted by Gasteiger charge is 2.32. The van der Waals surface area contributed by atoms with Crippen LogP contribution < -0.4 is 0 Å². The van der Waals surface area contributed by atoms with Crippen LogP contribution in [0.2, 0.25) is 0 Å². The van der Waals surface area contributed by atoms with Crippen LogP contribution in [0.25, 0.3) is 0 Å². The van der Waals surface area contributed by atoms with Gasteiger partial charge in [0.25, 0.3) is 0 Å². The number of rotatable bonds is 3. The highest BCUT2D eigenvalue weighted by atomic mass is 16.5. The number of hydrogen-bond acceptors (Lipinski definition) is 4. The molecule has 5 heteroatoms. The molecule has 0 unspecified atom stereocenters. The predicted octanol–water partition coefficient (Wildman–Crippen LogP) is 2.24. The number of nitrogens with zero attached hydrogens (tertiary/aromatic N) is 3. The van der Waals surface area contributed by atoms with Crippen LogP contribution in [0, 0.1) is 12.8 Å². The van der Waals surface area contributed by atoms with Gasteiger partial charge in [0.1, 0.15) is 0 Å². The molecule has 1 aromatic rings. The first kappa shape index (κ1) is 17.4. The molecule has 3 rings (SSSR count). The Labute approximate surface area is 145 Å². The summed E-state index contributed by atoms with van der Waals surface area (Å²) >= 11 is 0. The summed E-state index contributed by atoms with van der Waals surface area (Å²) in [5.74, 6) is 0.503. The van der Waals surface area contributed by atoms with Crippen molar-refractivity contribution in [1.82, 2.24) is 14.8 Å². The van der Waals surface area contributed by atoms with Crippen molar-refractivity contribution < 1.29 is 9.53 Å². The molecule has 2 aliphatic heterocycles. The maximum absolute atomic E-state index is 12.8. The van der Waals surface area contributed by atoms with E-state index in [1.54, 1.807) is 0 Å². The van der Waals surface area contributed by atoms with Crippen LogP contribution in [0.15, 0.2) is 18.3 Å². The van der Waals surface area contributed by atoms with E-state index in [2.05, 4.69) is 36.7 Å². The topological polar surface area (TPSA) is 45.7 Å². The molecule has 0 N–H and O–H groups in total. The summed E-state index contributed by atoms with van der Waals surface area (Å²) in [5.41, 5.74) is 2.39. The molecule has 0 aliphatic carbocycles. The number of morpholine rings is 1. The maximum atomic E-state index is 12.8. The number of likely N-dealkylation sites (tertiary alicyclic amines) is 1. The number of amides is 1. The molecule has 2 atom stereocenters. The summed E-state index contributed by atoms with van der Waals surface area (Å²) in [4.78, 5) is 21.6. The van der Waals surface area contributed by atoms with Crippen LogP contribution in [0.5, 0.6) is 0 Å². The van der Waals surface area contributed by atoms with E-state index in [1.165, 1.54) is 5.56 Å². The second kappa shape index (κ2) is 7.62. The lowest BCUT2D eigenvalue weighted by Crippen LogP contribution is -2.51. The van der Waals surface area contributed by atoms with Crippen molar-refractivity contribution >= 4 is 5.91 Å². The Morgan fingerprint density at radius 1 is 1.25 bits per heavy atom. The Morgan fingerprint density at radius 2 is 1.92 bits per heavy atom. The first-order valence-electron chi connectivity index (χ1n) is 9.10. The Balaban J connectivity index is 1.51. The number of ether oxygens (including phenoxy) is 1. The minimum Gasteiger partial charge on any atom is -0.372 e. The highest BCUT2D eigenvalue weighted by Crippen LogP contribution is 2.23. The van der Waals surface area contributed by atoms with Gasteiger partial charge in [-0.05, 0) is 58.3 Å². The minimum atomic E-state index is 0.145. The van der Waals surface area contributed by atoms with Crippen LogP contribution in [0.4, 0.5) is 0 Å². The van der Waals surface area contributed by atoms with Gasteiger partial charge in [-0.2, -0.15) is 0 Å². The fraction of sp³-hybridized carbons (Fsp3) is 0.684. The van der Waals surface area contributed by atoms with Gasteiger partial charge in [0.2, 0.25) is 5.91 Å². The number of hydrogen-bond donors (Lipinski definition) is 0. The van der Waals surface area contributed by atoms with Crippen molar-refractivity contribution in [2.75, 3.05) is 26.2 Å². The van der Waals surface area contributed by atoms with Crippen molar-refractivity contribution in [2.45, 2.75) is 52.4 Å². The molecule has 0 spiro atoms. The summed E-state index contributed by atoms with van der Waals surface area (Å²) in [6.07, 6.45) is 4.04. The van der Waals surface area contributed by atoms with Crippen molar-refractivity contribution in [3.8, 4) is 0 Å². The van der Waals surface area contributed by atoms with Crippen molar-refractivity contribution in [3.05, 3.63) is 29.6 Å². The highest BCUT2D eigenvalue weighted by molar-refractivity contribution is 5.79. The summed E-state index contributed by atoms with van der Waals surface area (Å²) in [6, 6.07) is 4.15. The van der Waals surface area contributed by atoms with Crippen LogP contribution in [-0.4, -0.2) is 59.1 Å². The largest absolute Gasteiger partial charge is 0.372 e. The summed E-state index contributed by atoms with van der Waals surface area (Å²) < 4.78 is 5.74. The molecule has 0 saturated carbocycles. The van der Waals surface area contributed by atoms with Gasteiger partial charge in [-0.25, -0.2) is 0 Å². The number of aryl methyl sites for hydroxylation is 1. The van der Waals surface area contributed by atoms with E-state index in [0.29, 0.717) is 5.91 Å². The van der Waals surface area contributed by atoms with Crippen LogP contribution >= 0.6 is 0 Å². The van der Waals surface area contributed by atoms with Crippen molar-refractivity contribution in [2.24, 2.45) is 5.92 Å². The molecule has 1 amide bonds. The van der Waals surface area contributed by atoms with Gasteiger partial charge < -0.3 is 9.64 Å². The smallest absolute Gasteiger partial charge is 0.225 e. The molecule has 132 valence electrons. The Hall–Kier alpha value is -1.46. The van der Waals surface area contributed by atoms with Gasteiger partial charge >= 0.3 is 0 Å². The minimum absolute atomic E-state index is 0.145. The van der Waals surface area contributed by atoms with E-state index in [4.69, 9.17) is 4.74 Å². The molecule has 2 aliphatic rings. The van der Waals surface area contributed by atoms with Gasteiger partial charge in [0.05, 0.1) is 12.2 Å². The lowest BCUT2D eigenvalue weighted by molar-refractivity contribution is -0.148. The molecule has 2 fully saturated rings. The quantitative estimate of drug-likeness (QED) is 0.852. The van der Waals surface area contributed by atoms with Crippen LogP contribution in [0.3, 0.4) is 0 Å². The van der Waals surface area contributed by atoms with E-state index in [0.717, 1.165) is 51.3 Å². The first-order valence-corrected chi connectivity index (χ1v) is 9.10. The van der Waals surface area contributed by atoms with E-state index >= 15 is 0 Å². The van der Waals surface area contributed by atoms with Gasteiger partial charge in [-0.15, -0.1) is 0 Å². The number of carbonyl (C=O) groups excluding carboxylic acids is 1.